The van der Waals surface area contributed by atoms with Crippen LogP contribution in [0.5, 0.6) is 0 Å². The second-order valence-electron chi connectivity index (χ2n) is 5.42. The van der Waals surface area contributed by atoms with Crippen LogP contribution in [0, 0.1) is 6.92 Å². The van der Waals surface area contributed by atoms with Crippen molar-refractivity contribution >= 4 is 5.97 Å². The summed E-state index contributed by atoms with van der Waals surface area (Å²) < 4.78 is 0. The average Bonchev–Trinajstić information content (AvgIpc) is 2.47. The van der Waals surface area contributed by atoms with Gasteiger partial charge in [0.25, 0.3) is 0 Å². The van der Waals surface area contributed by atoms with E-state index in [-0.39, 0.29) is 0 Å². The molecule has 2 rings (SSSR count). The predicted octanol–water partition coefficient (Wildman–Crippen LogP) is 4.43. The molecule has 0 aliphatic carbocycles. The van der Waals surface area contributed by atoms with Gasteiger partial charge in [-0.2, -0.15) is 0 Å². The lowest BCUT2D eigenvalue weighted by atomic mass is 9.92. The van der Waals surface area contributed by atoms with Crippen LogP contribution in [0.4, 0.5) is 0 Å². The molecule has 0 spiro atoms. The molecule has 21 heavy (non-hydrogen) atoms. The van der Waals surface area contributed by atoms with Crippen LogP contribution in [0.15, 0.2) is 42.5 Å². The highest BCUT2D eigenvalue weighted by Gasteiger charge is 2.13. The Morgan fingerprint density at radius 2 is 1.62 bits per heavy atom. The molecule has 2 aromatic carbocycles. The largest absolute Gasteiger partial charge is 0.478 e. The summed E-state index contributed by atoms with van der Waals surface area (Å²) in [5, 5.41) is 9.35. The van der Waals surface area contributed by atoms with E-state index in [1.165, 1.54) is 16.7 Å². The van der Waals surface area contributed by atoms with Gasteiger partial charge in [0.15, 0.2) is 0 Å². The number of carboxylic acids is 1. The fourth-order valence-corrected chi connectivity index (χ4v) is 2.77. The van der Waals surface area contributed by atoms with Gasteiger partial charge in [-0.15, -0.1) is 0 Å². The molecule has 2 nitrogen and oxygen atoms in total. The first-order valence-electron chi connectivity index (χ1n) is 7.52. The van der Waals surface area contributed by atoms with Crippen molar-refractivity contribution in [1.82, 2.24) is 0 Å². The quantitative estimate of drug-likeness (QED) is 0.851. The lowest BCUT2D eigenvalue weighted by Crippen LogP contribution is -2.07. The Morgan fingerprint density at radius 3 is 2.29 bits per heavy atom. The van der Waals surface area contributed by atoms with E-state index in [4.69, 9.17) is 0 Å². The Labute approximate surface area is 126 Å². The van der Waals surface area contributed by atoms with Gasteiger partial charge >= 0.3 is 5.97 Å². The van der Waals surface area contributed by atoms with Gasteiger partial charge in [-0.25, -0.2) is 4.79 Å². The topological polar surface area (TPSA) is 37.3 Å². The second kappa shape index (κ2) is 7.07. The van der Waals surface area contributed by atoms with Crippen LogP contribution in [0.2, 0.25) is 0 Å². The molecule has 0 aliphatic heterocycles. The summed E-state index contributed by atoms with van der Waals surface area (Å²) in [6.45, 7) is 4.21. The van der Waals surface area contributed by atoms with Gasteiger partial charge in [0.05, 0.1) is 5.56 Å². The molecule has 0 atom stereocenters. The number of rotatable bonds is 6. The van der Waals surface area contributed by atoms with Crippen LogP contribution >= 0.6 is 0 Å². The standard InChI is InChI=1S/C19H22O2/c1-3-7-17-16(10-6-11-18(17)19(20)21)13-12-15-9-5-4-8-14(15)2/h4-6,8-11H,3,7,12-13H2,1-2H3,(H,20,21). The molecule has 0 saturated carbocycles. The highest BCUT2D eigenvalue weighted by molar-refractivity contribution is 5.89. The van der Waals surface area contributed by atoms with Crippen molar-refractivity contribution in [2.45, 2.75) is 39.5 Å². The third-order valence-corrected chi connectivity index (χ3v) is 3.93. The van der Waals surface area contributed by atoms with Crippen molar-refractivity contribution in [2.24, 2.45) is 0 Å². The van der Waals surface area contributed by atoms with Gasteiger partial charge in [-0.05, 0) is 54.5 Å². The molecular formula is C19H22O2. The van der Waals surface area contributed by atoms with E-state index < -0.39 is 5.97 Å². The van der Waals surface area contributed by atoms with Crippen LogP contribution in [-0.2, 0) is 19.3 Å². The first-order valence-corrected chi connectivity index (χ1v) is 7.52. The van der Waals surface area contributed by atoms with Crippen molar-refractivity contribution in [3.8, 4) is 0 Å². The lowest BCUT2D eigenvalue weighted by molar-refractivity contribution is 0.0695. The Hall–Kier alpha value is -2.09. The van der Waals surface area contributed by atoms with Gasteiger partial charge in [-0.3, -0.25) is 0 Å². The molecule has 0 radical (unpaired) electrons. The molecule has 0 bridgehead atoms. The van der Waals surface area contributed by atoms with Crippen molar-refractivity contribution in [3.05, 3.63) is 70.3 Å². The zero-order valence-electron chi connectivity index (χ0n) is 12.7. The van der Waals surface area contributed by atoms with E-state index in [0.29, 0.717) is 5.56 Å². The van der Waals surface area contributed by atoms with E-state index >= 15 is 0 Å². The molecule has 0 amide bonds. The van der Waals surface area contributed by atoms with Crippen molar-refractivity contribution in [3.63, 3.8) is 0 Å². The molecule has 0 saturated heterocycles. The summed E-state index contributed by atoms with van der Waals surface area (Å²) in [6, 6.07) is 14.0. The molecule has 0 heterocycles. The molecule has 2 aromatic rings. The zero-order chi connectivity index (χ0) is 15.2. The molecule has 0 unspecified atom stereocenters. The van der Waals surface area contributed by atoms with Crippen LogP contribution in [-0.4, -0.2) is 11.1 Å². The van der Waals surface area contributed by atoms with E-state index in [0.717, 1.165) is 31.2 Å². The number of aromatic carboxylic acids is 1. The Kier molecular flexibility index (Phi) is 5.15. The minimum absolute atomic E-state index is 0.458. The smallest absolute Gasteiger partial charge is 0.335 e. The summed E-state index contributed by atoms with van der Waals surface area (Å²) in [5.74, 6) is -0.823. The van der Waals surface area contributed by atoms with Gasteiger partial charge < -0.3 is 5.11 Å². The third-order valence-electron chi connectivity index (χ3n) is 3.93. The predicted molar refractivity (Wildman–Crippen MR) is 86.0 cm³/mol. The molecule has 0 aromatic heterocycles. The number of benzene rings is 2. The normalized spacial score (nSPS) is 10.6. The molecule has 110 valence electrons. The Morgan fingerprint density at radius 1 is 0.952 bits per heavy atom. The van der Waals surface area contributed by atoms with Gasteiger partial charge in [0.2, 0.25) is 0 Å². The maximum atomic E-state index is 11.4. The Balaban J connectivity index is 2.25. The maximum absolute atomic E-state index is 11.4. The molecular weight excluding hydrogens is 260 g/mol. The minimum Gasteiger partial charge on any atom is -0.478 e. The fraction of sp³-hybridized carbons (Fsp3) is 0.316. The van der Waals surface area contributed by atoms with E-state index in [1.807, 2.05) is 12.1 Å². The van der Waals surface area contributed by atoms with E-state index in [1.54, 1.807) is 6.07 Å². The van der Waals surface area contributed by atoms with Crippen LogP contribution < -0.4 is 0 Å². The lowest BCUT2D eigenvalue weighted by Gasteiger charge is -2.13. The summed E-state index contributed by atoms with van der Waals surface area (Å²) in [4.78, 5) is 11.4. The summed E-state index contributed by atoms with van der Waals surface area (Å²) >= 11 is 0. The zero-order valence-corrected chi connectivity index (χ0v) is 12.7. The number of carbonyl (C=O) groups is 1. The first kappa shape index (κ1) is 15.3. The molecule has 0 fully saturated rings. The number of hydrogen-bond acceptors (Lipinski definition) is 1. The van der Waals surface area contributed by atoms with Crippen LogP contribution in [0.25, 0.3) is 0 Å². The highest BCUT2D eigenvalue weighted by atomic mass is 16.4. The summed E-state index contributed by atoms with van der Waals surface area (Å²) in [5.41, 5.74) is 5.25. The SMILES string of the molecule is CCCc1c(CCc2ccccc2C)cccc1C(=O)O. The number of hydrogen-bond donors (Lipinski definition) is 1. The van der Waals surface area contributed by atoms with Crippen molar-refractivity contribution in [2.75, 3.05) is 0 Å². The van der Waals surface area contributed by atoms with Crippen LogP contribution in [0.3, 0.4) is 0 Å². The Bertz CT molecular complexity index is 629. The molecule has 2 heteroatoms. The van der Waals surface area contributed by atoms with Crippen molar-refractivity contribution < 1.29 is 9.90 Å². The number of aryl methyl sites for hydroxylation is 3. The summed E-state index contributed by atoms with van der Waals surface area (Å²) in [6.07, 6.45) is 3.63. The van der Waals surface area contributed by atoms with Gasteiger partial charge in [0, 0.05) is 0 Å². The van der Waals surface area contributed by atoms with Gasteiger partial charge in [-0.1, -0.05) is 49.7 Å². The monoisotopic (exact) mass is 282 g/mol. The fourth-order valence-electron chi connectivity index (χ4n) is 2.77. The average molecular weight is 282 g/mol. The minimum atomic E-state index is -0.823. The van der Waals surface area contributed by atoms with Gasteiger partial charge in [0.1, 0.15) is 0 Å². The van der Waals surface area contributed by atoms with Crippen molar-refractivity contribution in [1.29, 1.82) is 0 Å². The highest BCUT2D eigenvalue weighted by Crippen LogP contribution is 2.20. The second-order valence-corrected chi connectivity index (χ2v) is 5.42. The van der Waals surface area contributed by atoms with Crippen LogP contribution in [0.1, 0.15) is 46.0 Å². The number of carboxylic acid groups (broad SMARTS) is 1. The molecule has 0 aliphatic rings. The summed E-state index contributed by atoms with van der Waals surface area (Å²) in [7, 11) is 0. The third kappa shape index (κ3) is 3.72. The van der Waals surface area contributed by atoms with E-state index in [9.17, 15) is 9.90 Å². The molecule has 1 N–H and O–H groups in total. The van der Waals surface area contributed by atoms with E-state index in [2.05, 4.69) is 38.1 Å². The maximum Gasteiger partial charge on any atom is 0.335 e. The first-order chi connectivity index (χ1) is 10.1.